The fourth-order valence-corrected chi connectivity index (χ4v) is 2.34. The van der Waals surface area contributed by atoms with E-state index in [0.29, 0.717) is 11.5 Å². The molecule has 3 aromatic rings. The van der Waals surface area contributed by atoms with Crippen LogP contribution in [0.1, 0.15) is 12.5 Å². The minimum absolute atomic E-state index is 0.122. The van der Waals surface area contributed by atoms with Crippen LogP contribution in [-0.2, 0) is 4.79 Å². The molecule has 1 N–H and O–H groups in total. The molecule has 9 heteroatoms. The molecule has 26 heavy (non-hydrogen) atoms. The van der Waals surface area contributed by atoms with Gasteiger partial charge in [-0.2, -0.15) is 5.10 Å². The first-order valence-electron chi connectivity index (χ1n) is 7.67. The van der Waals surface area contributed by atoms with E-state index in [9.17, 15) is 4.79 Å². The first kappa shape index (κ1) is 17.7. The molecule has 8 nitrogen and oxygen atoms in total. The number of carbonyl (C=O) groups excluding carboxylic acids is 1. The zero-order valence-corrected chi connectivity index (χ0v) is 15.4. The molecule has 132 valence electrons. The maximum Gasteiger partial charge on any atom is 0.277 e. The van der Waals surface area contributed by atoms with E-state index in [1.54, 1.807) is 23.7 Å². The van der Waals surface area contributed by atoms with Crippen LogP contribution in [0, 0.1) is 0 Å². The maximum atomic E-state index is 11.9. The first-order chi connectivity index (χ1) is 12.6. The number of hydrogen-bond donors (Lipinski definition) is 1. The molecule has 0 spiro atoms. The van der Waals surface area contributed by atoms with Gasteiger partial charge in [0.2, 0.25) is 0 Å². The minimum atomic E-state index is -0.344. The normalized spacial score (nSPS) is 11.2. The lowest BCUT2D eigenvalue weighted by molar-refractivity contribution is -0.123. The number of aromatic nitrogens is 4. The zero-order chi connectivity index (χ0) is 18.4. The minimum Gasteiger partial charge on any atom is -0.484 e. The number of carbonyl (C=O) groups is 1. The van der Waals surface area contributed by atoms with Gasteiger partial charge in [0.25, 0.3) is 5.91 Å². The molecular formula is C17H15BrN6O2. The largest absolute Gasteiger partial charge is 0.484 e. The molecule has 0 aliphatic heterocycles. The smallest absolute Gasteiger partial charge is 0.277 e. The average molecular weight is 415 g/mol. The summed E-state index contributed by atoms with van der Waals surface area (Å²) in [7, 11) is 0. The molecule has 2 aromatic carbocycles. The van der Waals surface area contributed by atoms with Crippen LogP contribution in [0.4, 0.5) is 0 Å². The first-order valence-corrected chi connectivity index (χ1v) is 8.46. The summed E-state index contributed by atoms with van der Waals surface area (Å²) in [5.41, 5.74) is 4.77. The second kappa shape index (κ2) is 8.34. The van der Waals surface area contributed by atoms with Crippen molar-refractivity contribution in [2.75, 3.05) is 6.61 Å². The van der Waals surface area contributed by atoms with Crippen molar-refractivity contribution < 1.29 is 9.53 Å². The topological polar surface area (TPSA) is 94.3 Å². The summed E-state index contributed by atoms with van der Waals surface area (Å²) in [6.07, 6.45) is 1.51. The van der Waals surface area contributed by atoms with E-state index >= 15 is 0 Å². The predicted molar refractivity (Wildman–Crippen MR) is 99.1 cm³/mol. The Kier molecular flexibility index (Phi) is 5.69. The van der Waals surface area contributed by atoms with Crippen molar-refractivity contribution in [3.05, 3.63) is 64.9 Å². The van der Waals surface area contributed by atoms with Crippen molar-refractivity contribution in [3.8, 4) is 11.4 Å². The molecule has 0 saturated carbocycles. The average Bonchev–Trinajstić information content (AvgIpc) is 3.20. The molecule has 0 saturated heterocycles. The van der Waals surface area contributed by atoms with Crippen LogP contribution in [0.2, 0.25) is 0 Å². The molecule has 0 atom stereocenters. The number of hydrazone groups is 1. The van der Waals surface area contributed by atoms with Crippen molar-refractivity contribution in [1.29, 1.82) is 0 Å². The van der Waals surface area contributed by atoms with Crippen molar-refractivity contribution in [2.45, 2.75) is 6.92 Å². The molecule has 0 aliphatic rings. The fourth-order valence-electron chi connectivity index (χ4n) is 2.08. The van der Waals surface area contributed by atoms with Gasteiger partial charge in [-0.15, -0.1) is 5.10 Å². The van der Waals surface area contributed by atoms with E-state index in [0.717, 1.165) is 15.7 Å². The van der Waals surface area contributed by atoms with Crippen molar-refractivity contribution in [1.82, 2.24) is 25.6 Å². The Balaban J connectivity index is 1.58. The molecule has 0 radical (unpaired) electrons. The lowest BCUT2D eigenvalue weighted by Crippen LogP contribution is -2.25. The number of halogens is 1. The number of hydrogen-bond acceptors (Lipinski definition) is 6. The highest BCUT2D eigenvalue weighted by atomic mass is 79.9. The third-order valence-corrected chi connectivity index (χ3v) is 3.94. The SMILES string of the molecule is C/C(=N\NC(=O)COc1ccc(Br)cc1)c1cccc(-n2cnnn2)c1. The summed E-state index contributed by atoms with van der Waals surface area (Å²) in [6, 6.07) is 14.7. The van der Waals surface area contributed by atoms with Gasteiger partial charge in [-0.3, -0.25) is 4.79 Å². The summed E-state index contributed by atoms with van der Waals surface area (Å²) in [6.45, 7) is 1.68. The Labute approximate surface area is 158 Å². The summed E-state index contributed by atoms with van der Waals surface area (Å²) in [5, 5.41) is 15.2. The number of benzene rings is 2. The molecule has 1 amide bonds. The Hall–Kier alpha value is -3.07. The lowest BCUT2D eigenvalue weighted by atomic mass is 10.1. The summed E-state index contributed by atoms with van der Waals surface area (Å²) in [4.78, 5) is 11.9. The Bertz CT molecular complexity index is 909. The molecule has 0 aliphatic carbocycles. The van der Waals surface area contributed by atoms with Crippen LogP contribution in [0.3, 0.4) is 0 Å². The summed E-state index contributed by atoms with van der Waals surface area (Å²) < 4.78 is 7.89. The lowest BCUT2D eigenvalue weighted by Gasteiger charge is -2.07. The third kappa shape index (κ3) is 4.73. The third-order valence-electron chi connectivity index (χ3n) is 3.41. The maximum absolute atomic E-state index is 11.9. The zero-order valence-electron chi connectivity index (χ0n) is 13.8. The van der Waals surface area contributed by atoms with Gasteiger partial charge in [0.05, 0.1) is 11.4 Å². The van der Waals surface area contributed by atoms with E-state index in [2.05, 4.69) is 42.0 Å². The Morgan fingerprint density at radius 3 is 2.81 bits per heavy atom. The molecule has 1 heterocycles. The fraction of sp³-hybridized carbons (Fsp3) is 0.118. The number of tetrazole rings is 1. The van der Waals surface area contributed by atoms with Gasteiger partial charge in [0.1, 0.15) is 12.1 Å². The van der Waals surface area contributed by atoms with Crippen LogP contribution < -0.4 is 10.2 Å². The van der Waals surface area contributed by atoms with Gasteiger partial charge < -0.3 is 4.74 Å². The predicted octanol–water partition coefficient (Wildman–Crippen LogP) is 2.34. The molecule has 0 fully saturated rings. The van der Waals surface area contributed by atoms with Gasteiger partial charge in [0.15, 0.2) is 6.61 Å². The van der Waals surface area contributed by atoms with Crippen molar-refractivity contribution in [2.24, 2.45) is 5.10 Å². The Morgan fingerprint density at radius 1 is 1.27 bits per heavy atom. The highest BCUT2D eigenvalue weighted by molar-refractivity contribution is 9.10. The molecule has 0 unspecified atom stereocenters. The number of amides is 1. The summed E-state index contributed by atoms with van der Waals surface area (Å²) in [5.74, 6) is 0.266. The Morgan fingerprint density at radius 2 is 2.08 bits per heavy atom. The second-order valence-electron chi connectivity index (χ2n) is 5.28. The van der Waals surface area contributed by atoms with E-state index in [1.165, 1.54) is 6.33 Å². The van der Waals surface area contributed by atoms with Gasteiger partial charge >= 0.3 is 0 Å². The van der Waals surface area contributed by atoms with E-state index in [-0.39, 0.29) is 12.5 Å². The second-order valence-corrected chi connectivity index (χ2v) is 6.20. The van der Waals surface area contributed by atoms with E-state index in [4.69, 9.17) is 4.74 Å². The highest BCUT2D eigenvalue weighted by Gasteiger charge is 2.05. The van der Waals surface area contributed by atoms with Crippen LogP contribution in [0.15, 0.2) is 64.4 Å². The standard InChI is InChI=1S/C17H15BrN6O2/c1-12(13-3-2-4-15(9-13)24-11-19-22-23-24)20-21-17(25)10-26-16-7-5-14(18)6-8-16/h2-9,11H,10H2,1H3,(H,21,25)/b20-12+. The molecular weight excluding hydrogens is 400 g/mol. The monoisotopic (exact) mass is 414 g/mol. The highest BCUT2D eigenvalue weighted by Crippen LogP contribution is 2.15. The molecule has 1 aromatic heterocycles. The van der Waals surface area contributed by atoms with Crippen LogP contribution in [0.5, 0.6) is 5.75 Å². The van der Waals surface area contributed by atoms with Gasteiger partial charge in [0, 0.05) is 4.47 Å². The molecule has 3 rings (SSSR count). The van der Waals surface area contributed by atoms with Crippen molar-refractivity contribution in [3.63, 3.8) is 0 Å². The quantitative estimate of drug-likeness (QED) is 0.493. The van der Waals surface area contributed by atoms with Gasteiger partial charge in [-0.05, 0) is 59.3 Å². The summed E-state index contributed by atoms with van der Waals surface area (Å²) >= 11 is 3.34. The number of nitrogens with one attached hydrogen (secondary N) is 1. The molecule has 0 bridgehead atoms. The van der Waals surface area contributed by atoms with Gasteiger partial charge in [-0.25, -0.2) is 10.1 Å². The number of rotatable bonds is 6. The van der Waals surface area contributed by atoms with Crippen LogP contribution in [0.25, 0.3) is 5.69 Å². The number of ether oxygens (including phenoxy) is 1. The van der Waals surface area contributed by atoms with Crippen LogP contribution >= 0.6 is 15.9 Å². The van der Waals surface area contributed by atoms with E-state index in [1.807, 2.05) is 36.4 Å². The van der Waals surface area contributed by atoms with Crippen molar-refractivity contribution >= 4 is 27.5 Å². The van der Waals surface area contributed by atoms with Crippen LogP contribution in [-0.4, -0.2) is 38.4 Å². The van der Waals surface area contributed by atoms with E-state index < -0.39 is 0 Å². The van der Waals surface area contributed by atoms with Gasteiger partial charge in [-0.1, -0.05) is 28.1 Å². The number of nitrogens with zero attached hydrogens (tertiary/aromatic N) is 5.